The van der Waals surface area contributed by atoms with Gasteiger partial charge in [-0.2, -0.15) is 0 Å². The fraction of sp³-hybridized carbons (Fsp3) is 0.750. The first-order valence-electron chi connectivity index (χ1n) is 6.14. The Morgan fingerprint density at radius 1 is 1.62 bits per heavy atom. The summed E-state index contributed by atoms with van der Waals surface area (Å²) in [6.07, 6.45) is 7.09. The highest BCUT2D eigenvalue weighted by atomic mass is 32.1. The van der Waals surface area contributed by atoms with E-state index < -0.39 is 0 Å². The molecule has 2 heterocycles. The number of hydrogen-bond acceptors (Lipinski definition) is 4. The van der Waals surface area contributed by atoms with Gasteiger partial charge in [-0.1, -0.05) is 6.92 Å². The van der Waals surface area contributed by atoms with Crippen LogP contribution in [0.1, 0.15) is 43.7 Å². The molecule has 1 fully saturated rings. The fourth-order valence-corrected chi connectivity index (χ4v) is 2.85. The van der Waals surface area contributed by atoms with Gasteiger partial charge in [0, 0.05) is 24.7 Å². The Balaban J connectivity index is 1.78. The van der Waals surface area contributed by atoms with Gasteiger partial charge in [-0.3, -0.25) is 0 Å². The molecule has 4 heteroatoms. The second-order valence-corrected chi connectivity index (χ2v) is 5.15. The third-order valence-corrected chi connectivity index (χ3v) is 3.91. The molecule has 2 rings (SSSR count). The van der Waals surface area contributed by atoms with Crippen molar-refractivity contribution in [1.82, 2.24) is 10.3 Å². The first-order valence-corrected chi connectivity index (χ1v) is 7.02. The van der Waals surface area contributed by atoms with E-state index in [1.54, 1.807) is 11.3 Å². The summed E-state index contributed by atoms with van der Waals surface area (Å²) in [7, 11) is 0. The fourth-order valence-electron chi connectivity index (χ4n) is 2.05. The molecule has 1 aromatic rings. The molecule has 0 radical (unpaired) electrons. The van der Waals surface area contributed by atoms with Crippen LogP contribution in [0.25, 0.3) is 0 Å². The van der Waals surface area contributed by atoms with Crippen LogP contribution in [0.5, 0.6) is 0 Å². The largest absolute Gasteiger partial charge is 0.377 e. The summed E-state index contributed by atoms with van der Waals surface area (Å²) >= 11 is 1.73. The number of nitrogens with one attached hydrogen (secondary N) is 1. The van der Waals surface area contributed by atoms with Gasteiger partial charge in [0.1, 0.15) is 5.01 Å². The van der Waals surface area contributed by atoms with Gasteiger partial charge in [-0.05, 0) is 25.7 Å². The molecule has 0 saturated carbocycles. The predicted molar refractivity (Wildman–Crippen MR) is 66.7 cm³/mol. The van der Waals surface area contributed by atoms with Crippen molar-refractivity contribution in [1.29, 1.82) is 0 Å². The summed E-state index contributed by atoms with van der Waals surface area (Å²) in [5.74, 6) is 0. The van der Waals surface area contributed by atoms with E-state index in [2.05, 4.69) is 17.2 Å². The van der Waals surface area contributed by atoms with Gasteiger partial charge >= 0.3 is 0 Å². The standard InChI is InChI=1S/C12H20N2OS/c1-2-11(12-13-6-8-16-12)14-9-10-5-3-4-7-15-10/h6,8,10-11,14H,2-5,7,9H2,1H3. The number of rotatable bonds is 5. The van der Waals surface area contributed by atoms with E-state index in [0.717, 1.165) is 19.6 Å². The number of ether oxygens (including phenoxy) is 1. The number of hydrogen-bond donors (Lipinski definition) is 1. The Hall–Kier alpha value is -0.450. The van der Waals surface area contributed by atoms with Crippen LogP contribution in [0, 0.1) is 0 Å². The first kappa shape index (κ1) is 12.0. The topological polar surface area (TPSA) is 34.1 Å². The minimum Gasteiger partial charge on any atom is -0.377 e. The lowest BCUT2D eigenvalue weighted by Gasteiger charge is -2.25. The smallest absolute Gasteiger partial charge is 0.109 e. The molecule has 0 aromatic carbocycles. The van der Waals surface area contributed by atoms with Crippen LogP contribution >= 0.6 is 11.3 Å². The zero-order valence-electron chi connectivity index (χ0n) is 9.82. The summed E-state index contributed by atoms with van der Waals surface area (Å²) in [6, 6.07) is 0.394. The van der Waals surface area contributed by atoms with Crippen molar-refractivity contribution < 1.29 is 4.74 Å². The number of thiazole rings is 1. The molecule has 16 heavy (non-hydrogen) atoms. The molecule has 90 valence electrons. The van der Waals surface area contributed by atoms with Crippen molar-refractivity contribution in [3.8, 4) is 0 Å². The SMILES string of the molecule is CCC(NCC1CCCCO1)c1nccs1. The van der Waals surface area contributed by atoms with Gasteiger partial charge in [-0.25, -0.2) is 4.98 Å². The molecule has 3 nitrogen and oxygen atoms in total. The molecule has 0 spiro atoms. The monoisotopic (exact) mass is 240 g/mol. The predicted octanol–water partition coefficient (Wildman–Crippen LogP) is 2.75. The third kappa shape index (κ3) is 3.27. The number of nitrogens with zero attached hydrogens (tertiary/aromatic N) is 1. The molecule has 1 saturated heterocycles. The van der Waals surface area contributed by atoms with Crippen LogP contribution in [-0.2, 0) is 4.74 Å². The minimum absolute atomic E-state index is 0.394. The summed E-state index contributed by atoms with van der Waals surface area (Å²) in [5.41, 5.74) is 0. The van der Waals surface area contributed by atoms with Gasteiger partial charge in [0.15, 0.2) is 0 Å². The van der Waals surface area contributed by atoms with Crippen molar-refractivity contribution in [2.75, 3.05) is 13.2 Å². The number of aromatic nitrogens is 1. The van der Waals surface area contributed by atoms with Crippen LogP contribution in [0.3, 0.4) is 0 Å². The second-order valence-electron chi connectivity index (χ2n) is 4.23. The minimum atomic E-state index is 0.394. The van der Waals surface area contributed by atoms with Crippen LogP contribution in [0.4, 0.5) is 0 Å². The van der Waals surface area contributed by atoms with Crippen LogP contribution < -0.4 is 5.32 Å². The van der Waals surface area contributed by atoms with Gasteiger partial charge in [0.05, 0.1) is 12.1 Å². The second kappa shape index (κ2) is 6.33. The Morgan fingerprint density at radius 2 is 2.56 bits per heavy atom. The average Bonchev–Trinajstić information content (AvgIpc) is 2.85. The van der Waals surface area contributed by atoms with Crippen molar-refractivity contribution >= 4 is 11.3 Å². The maximum Gasteiger partial charge on any atom is 0.109 e. The van der Waals surface area contributed by atoms with Crippen molar-refractivity contribution in [2.45, 2.75) is 44.8 Å². The van der Waals surface area contributed by atoms with Gasteiger partial charge in [-0.15, -0.1) is 11.3 Å². The highest BCUT2D eigenvalue weighted by Crippen LogP contribution is 2.19. The van der Waals surface area contributed by atoms with Gasteiger partial charge in [0.2, 0.25) is 0 Å². The van der Waals surface area contributed by atoms with E-state index in [1.165, 1.54) is 24.3 Å². The lowest BCUT2D eigenvalue weighted by molar-refractivity contribution is 0.0152. The van der Waals surface area contributed by atoms with Crippen LogP contribution in [0.2, 0.25) is 0 Å². The highest BCUT2D eigenvalue weighted by molar-refractivity contribution is 7.09. The molecule has 1 aromatic heterocycles. The highest BCUT2D eigenvalue weighted by Gasteiger charge is 2.17. The molecule has 2 unspecified atom stereocenters. The molecule has 2 atom stereocenters. The molecule has 1 aliphatic rings. The lowest BCUT2D eigenvalue weighted by atomic mass is 10.1. The molecule has 1 N–H and O–H groups in total. The third-order valence-electron chi connectivity index (χ3n) is 3.02. The summed E-state index contributed by atoms with van der Waals surface area (Å²) in [5, 5.41) is 6.80. The Kier molecular flexibility index (Phi) is 4.75. The molecule has 0 bridgehead atoms. The summed E-state index contributed by atoms with van der Waals surface area (Å²) < 4.78 is 5.71. The molecule has 1 aliphatic heterocycles. The van der Waals surface area contributed by atoms with Gasteiger partial charge in [0.25, 0.3) is 0 Å². The molecule has 0 aliphatic carbocycles. The van der Waals surface area contributed by atoms with E-state index in [1.807, 2.05) is 11.6 Å². The Bertz CT molecular complexity index is 283. The van der Waals surface area contributed by atoms with Gasteiger partial charge < -0.3 is 10.1 Å². The summed E-state index contributed by atoms with van der Waals surface area (Å²) in [4.78, 5) is 4.37. The van der Waals surface area contributed by atoms with E-state index in [4.69, 9.17) is 4.74 Å². The van der Waals surface area contributed by atoms with E-state index >= 15 is 0 Å². The lowest BCUT2D eigenvalue weighted by Crippen LogP contribution is -2.33. The molecule has 0 amide bonds. The molecular weight excluding hydrogens is 220 g/mol. The zero-order valence-corrected chi connectivity index (χ0v) is 10.6. The van der Waals surface area contributed by atoms with Crippen molar-refractivity contribution in [3.05, 3.63) is 16.6 Å². The van der Waals surface area contributed by atoms with E-state index in [0.29, 0.717) is 12.1 Å². The van der Waals surface area contributed by atoms with Crippen molar-refractivity contribution in [3.63, 3.8) is 0 Å². The van der Waals surface area contributed by atoms with Crippen LogP contribution in [0.15, 0.2) is 11.6 Å². The van der Waals surface area contributed by atoms with Crippen molar-refractivity contribution in [2.24, 2.45) is 0 Å². The summed E-state index contributed by atoms with van der Waals surface area (Å²) in [6.45, 7) is 4.08. The average molecular weight is 240 g/mol. The van der Waals surface area contributed by atoms with E-state index in [-0.39, 0.29) is 0 Å². The van der Waals surface area contributed by atoms with Crippen LogP contribution in [-0.4, -0.2) is 24.2 Å². The first-order chi connectivity index (χ1) is 7.90. The quantitative estimate of drug-likeness (QED) is 0.859. The zero-order chi connectivity index (χ0) is 11.2. The normalized spacial score (nSPS) is 23.2. The maximum atomic E-state index is 5.71. The maximum absolute atomic E-state index is 5.71. The Labute approximate surface area is 101 Å². The molecular formula is C12H20N2OS. The Morgan fingerprint density at radius 3 is 3.19 bits per heavy atom. The van der Waals surface area contributed by atoms with E-state index in [9.17, 15) is 0 Å².